The van der Waals surface area contributed by atoms with E-state index < -0.39 is 0 Å². The van der Waals surface area contributed by atoms with Crippen molar-refractivity contribution in [3.8, 4) is 0 Å². The Morgan fingerprint density at radius 2 is 2.06 bits per heavy atom. The number of amides is 2. The van der Waals surface area contributed by atoms with E-state index in [0.29, 0.717) is 32.6 Å². The monoisotopic (exact) mass is 449 g/mol. The molecular formula is C25H31N5O3. The van der Waals surface area contributed by atoms with Crippen LogP contribution in [0.1, 0.15) is 30.4 Å². The minimum absolute atomic E-state index is 0.00536. The largest absolute Gasteiger partial charge is 0.354 e. The van der Waals surface area contributed by atoms with Crippen LogP contribution in [0, 0.1) is 19.8 Å². The molecule has 2 aromatic heterocycles. The highest BCUT2D eigenvalue weighted by atomic mass is 16.2. The van der Waals surface area contributed by atoms with Crippen LogP contribution in [-0.2, 0) is 22.7 Å². The number of carbonyl (C=O) groups is 2. The Labute approximate surface area is 193 Å². The summed E-state index contributed by atoms with van der Waals surface area (Å²) in [6.45, 7) is 6.34. The van der Waals surface area contributed by atoms with Gasteiger partial charge in [-0.25, -0.2) is 4.98 Å². The van der Waals surface area contributed by atoms with Crippen LogP contribution >= 0.6 is 0 Å². The average molecular weight is 450 g/mol. The highest BCUT2D eigenvalue weighted by Gasteiger charge is 2.26. The molecular weight excluding hydrogens is 418 g/mol. The number of aromatic nitrogens is 3. The average Bonchev–Trinajstić information content (AvgIpc) is 3.30. The first-order valence-corrected chi connectivity index (χ1v) is 11.5. The fourth-order valence-electron chi connectivity index (χ4n) is 4.71. The molecule has 4 rings (SSSR count). The molecule has 1 aliphatic rings. The molecule has 3 heterocycles. The van der Waals surface area contributed by atoms with Gasteiger partial charge in [0.05, 0.1) is 11.8 Å². The number of piperidine rings is 1. The first-order valence-electron chi connectivity index (χ1n) is 11.5. The Kier molecular flexibility index (Phi) is 6.91. The van der Waals surface area contributed by atoms with Crippen molar-refractivity contribution in [3.63, 3.8) is 0 Å². The molecule has 8 nitrogen and oxygen atoms in total. The number of rotatable bonds is 7. The molecule has 174 valence electrons. The number of hydrogen-bond donors (Lipinski definition) is 1. The van der Waals surface area contributed by atoms with Crippen molar-refractivity contribution >= 4 is 22.7 Å². The first kappa shape index (κ1) is 22.8. The molecule has 33 heavy (non-hydrogen) atoms. The van der Waals surface area contributed by atoms with Crippen LogP contribution < -0.4 is 10.9 Å². The second kappa shape index (κ2) is 10.0. The third-order valence-electron chi connectivity index (χ3n) is 6.43. The standard InChI is InChI=1S/C25H31N5O3/c1-18-5-3-7-21-19(2)13-23(32)30(25(18)21)16-24(33)29-10-4-6-20(15-29)14-22(31)27-9-12-28-11-8-26-17-28/h3,5,7-8,11,13,17,20H,4,6,9-10,12,14-16H2,1-2H3,(H,27,31). The van der Waals surface area contributed by atoms with Crippen LogP contribution in [0.5, 0.6) is 0 Å². The normalized spacial score (nSPS) is 16.2. The number of para-hydroxylation sites is 1. The summed E-state index contributed by atoms with van der Waals surface area (Å²) < 4.78 is 3.51. The second-order valence-corrected chi connectivity index (χ2v) is 8.93. The lowest BCUT2D eigenvalue weighted by molar-refractivity contribution is -0.134. The van der Waals surface area contributed by atoms with Crippen LogP contribution in [-0.4, -0.2) is 50.5 Å². The van der Waals surface area contributed by atoms with E-state index in [2.05, 4.69) is 10.3 Å². The molecule has 1 unspecified atom stereocenters. The Balaban J connectivity index is 1.37. The maximum absolute atomic E-state index is 13.2. The maximum Gasteiger partial charge on any atom is 0.251 e. The van der Waals surface area contributed by atoms with Gasteiger partial charge in [-0.15, -0.1) is 0 Å². The summed E-state index contributed by atoms with van der Waals surface area (Å²) in [5.41, 5.74) is 2.56. The zero-order chi connectivity index (χ0) is 23.4. The van der Waals surface area contributed by atoms with E-state index in [4.69, 9.17) is 0 Å². The highest BCUT2D eigenvalue weighted by molar-refractivity contribution is 5.87. The summed E-state index contributed by atoms with van der Waals surface area (Å²) in [4.78, 5) is 44.1. The van der Waals surface area contributed by atoms with E-state index >= 15 is 0 Å². The van der Waals surface area contributed by atoms with Crippen molar-refractivity contribution < 1.29 is 9.59 Å². The number of aryl methyl sites for hydroxylation is 2. The van der Waals surface area contributed by atoms with Gasteiger partial charge in [0.25, 0.3) is 5.56 Å². The van der Waals surface area contributed by atoms with Crippen molar-refractivity contribution in [1.82, 2.24) is 24.3 Å². The predicted molar refractivity (Wildman–Crippen MR) is 127 cm³/mol. The number of nitrogens with one attached hydrogen (secondary N) is 1. The van der Waals surface area contributed by atoms with Crippen molar-refractivity contribution in [3.05, 3.63) is 64.5 Å². The molecule has 0 saturated carbocycles. The number of carbonyl (C=O) groups excluding carboxylic acids is 2. The quantitative estimate of drug-likeness (QED) is 0.599. The fourth-order valence-corrected chi connectivity index (χ4v) is 4.71. The summed E-state index contributed by atoms with van der Waals surface area (Å²) in [6.07, 6.45) is 7.48. The molecule has 1 N–H and O–H groups in total. The van der Waals surface area contributed by atoms with Gasteiger partial charge in [0.1, 0.15) is 6.54 Å². The molecule has 0 aliphatic carbocycles. The van der Waals surface area contributed by atoms with Gasteiger partial charge in [-0.3, -0.25) is 19.0 Å². The summed E-state index contributed by atoms with van der Waals surface area (Å²) >= 11 is 0. The second-order valence-electron chi connectivity index (χ2n) is 8.93. The number of hydrogen-bond acceptors (Lipinski definition) is 4. The molecule has 3 aromatic rings. The third kappa shape index (κ3) is 5.32. The molecule has 0 spiro atoms. The van der Waals surface area contributed by atoms with Gasteiger partial charge in [0, 0.05) is 56.4 Å². The van der Waals surface area contributed by atoms with Crippen molar-refractivity contribution in [1.29, 1.82) is 0 Å². The van der Waals surface area contributed by atoms with E-state index in [1.54, 1.807) is 23.2 Å². The Morgan fingerprint density at radius 3 is 2.85 bits per heavy atom. The van der Waals surface area contributed by atoms with Gasteiger partial charge in [-0.05, 0) is 43.7 Å². The molecule has 1 aliphatic heterocycles. The molecule has 2 amide bonds. The van der Waals surface area contributed by atoms with E-state index in [-0.39, 0.29) is 29.8 Å². The van der Waals surface area contributed by atoms with Crippen molar-refractivity contribution in [2.24, 2.45) is 5.92 Å². The Bertz CT molecular complexity index is 1200. The van der Waals surface area contributed by atoms with Crippen LogP contribution in [0.2, 0.25) is 0 Å². The molecule has 8 heteroatoms. The SMILES string of the molecule is Cc1cc(=O)n(CC(=O)N2CCCC(CC(=O)NCCn3ccnc3)C2)c2c(C)cccc12. The number of benzene rings is 1. The number of nitrogens with zero attached hydrogens (tertiary/aromatic N) is 4. The summed E-state index contributed by atoms with van der Waals surface area (Å²) in [5, 5.41) is 3.95. The van der Waals surface area contributed by atoms with E-state index in [9.17, 15) is 14.4 Å². The predicted octanol–water partition coefficient (Wildman–Crippen LogP) is 2.26. The highest BCUT2D eigenvalue weighted by Crippen LogP contribution is 2.22. The smallest absolute Gasteiger partial charge is 0.251 e. The third-order valence-corrected chi connectivity index (χ3v) is 6.43. The summed E-state index contributed by atoms with van der Waals surface area (Å²) in [7, 11) is 0. The maximum atomic E-state index is 13.2. The Hall–Kier alpha value is -3.42. The van der Waals surface area contributed by atoms with E-state index in [0.717, 1.165) is 34.9 Å². The zero-order valence-electron chi connectivity index (χ0n) is 19.3. The van der Waals surface area contributed by atoms with Gasteiger partial charge in [-0.2, -0.15) is 0 Å². The van der Waals surface area contributed by atoms with Gasteiger partial charge in [0.2, 0.25) is 11.8 Å². The van der Waals surface area contributed by atoms with Gasteiger partial charge >= 0.3 is 0 Å². The first-order chi connectivity index (χ1) is 15.9. The molecule has 1 fully saturated rings. The Morgan fingerprint density at radius 1 is 1.21 bits per heavy atom. The minimum atomic E-state index is -0.159. The summed E-state index contributed by atoms with van der Waals surface area (Å²) in [6, 6.07) is 7.52. The van der Waals surface area contributed by atoms with Crippen molar-refractivity contribution in [2.75, 3.05) is 19.6 Å². The lowest BCUT2D eigenvalue weighted by Crippen LogP contribution is -2.44. The molecule has 1 saturated heterocycles. The molecule has 0 radical (unpaired) electrons. The number of likely N-dealkylation sites (tertiary alicyclic amines) is 1. The van der Waals surface area contributed by atoms with E-state index in [1.165, 1.54) is 0 Å². The molecule has 0 bridgehead atoms. The van der Waals surface area contributed by atoms with Gasteiger partial charge in [0.15, 0.2) is 0 Å². The summed E-state index contributed by atoms with van der Waals surface area (Å²) in [5.74, 6) is 0.0608. The lowest BCUT2D eigenvalue weighted by Gasteiger charge is -2.33. The molecule has 1 atom stereocenters. The number of fused-ring (bicyclic) bond motifs is 1. The van der Waals surface area contributed by atoms with Crippen LogP contribution in [0.4, 0.5) is 0 Å². The van der Waals surface area contributed by atoms with Crippen molar-refractivity contribution in [2.45, 2.75) is 46.2 Å². The van der Waals surface area contributed by atoms with Gasteiger partial charge in [-0.1, -0.05) is 18.2 Å². The van der Waals surface area contributed by atoms with Crippen LogP contribution in [0.3, 0.4) is 0 Å². The zero-order valence-corrected chi connectivity index (χ0v) is 19.3. The van der Waals surface area contributed by atoms with Crippen LogP contribution in [0.15, 0.2) is 47.8 Å². The number of pyridine rings is 1. The number of imidazole rings is 1. The van der Waals surface area contributed by atoms with Gasteiger partial charge < -0.3 is 14.8 Å². The van der Waals surface area contributed by atoms with Crippen LogP contribution in [0.25, 0.3) is 10.9 Å². The molecule has 1 aromatic carbocycles. The van der Waals surface area contributed by atoms with E-state index in [1.807, 2.05) is 47.7 Å². The topological polar surface area (TPSA) is 89.2 Å². The minimum Gasteiger partial charge on any atom is -0.354 e. The lowest BCUT2D eigenvalue weighted by atomic mass is 9.94. The fraction of sp³-hybridized carbons (Fsp3) is 0.440.